The molecule has 0 saturated heterocycles. The maximum absolute atomic E-state index is 9.00. The summed E-state index contributed by atoms with van der Waals surface area (Å²) in [6, 6.07) is 30.9. The molecule has 3 heterocycles. The van der Waals surface area contributed by atoms with Crippen LogP contribution in [0, 0.1) is 13.3 Å². The number of imidazole rings is 1. The fourth-order valence-electron chi connectivity index (χ4n) is 7.65. The Bertz CT molecular complexity index is 3600. The molecule has 0 aliphatic carbocycles. The van der Waals surface area contributed by atoms with Crippen LogP contribution in [0.2, 0.25) is 0 Å². The number of benzene rings is 7. The maximum Gasteiger partial charge on any atom is 0.269 e. The Balaban J connectivity index is 1.14. The topological polar surface area (TPSA) is 35.9 Å². The van der Waals surface area contributed by atoms with Crippen molar-refractivity contribution in [1.82, 2.24) is 14.1 Å². The van der Waals surface area contributed by atoms with Crippen molar-refractivity contribution in [2.45, 2.75) is 33.1 Å². The van der Waals surface area contributed by atoms with Crippen LogP contribution in [-0.4, -0.2) is 14.1 Å². The lowest BCUT2D eigenvalue weighted by molar-refractivity contribution is -0.571. The highest BCUT2D eigenvalue weighted by molar-refractivity contribution is 6.09. The van der Waals surface area contributed by atoms with Gasteiger partial charge in [-0.3, -0.25) is 13.7 Å². The summed E-state index contributed by atoms with van der Waals surface area (Å²) in [6.07, 6.45) is 5.39. The number of aryl methyl sites for hydroxylation is 1. The Kier molecular flexibility index (Phi) is 6.26. The highest BCUT2D eigenvalue weighted by Crippen LogP contribution is 2.38. The quantitative estimate of drug-likeness (QED) is 0.120. The predicted octanol–water partition coefficient (Wildman–Crippen LogP) is 12.9. The molecule has 0 amide bonds. The fraction of sp³-hybridized carbons (Fsp3) is 0.0943. The third kappa shape index (κ3) is 6.12. The van der Waals surface area contributed by atoms with Gasteiger partial charge in [0.15, 0.2) is 0 Å². The minimum absolute atomic E-state index is 0.0622. The van der Waals surface area contributed by atoms with E-state index in [9.17, 15) is 0 Å². The van der Waals surface area contributed by atoms with Gasteiger partial charge >= 0.3 is 0 Å². The highest BCUT2D eigenvalue weighted by atomic mass is 16.5. The average Bonchev–Trinajstić information content (AvgIpc) is 3.87. The second-order valence-corrected chi connectivity index (χ2v) is 15.2. The molecule has 7 aromatic carbocycles. The van der Waals surface area contributed by atoms with Crippen molar-refractivity contribution in [1.29, 1.82) is 0 Å². The zero-order valence-electron chi connectivity index (χ0n) is 42.2. The summed E-state index contributed by atoms with van der Waals surface area (Å²) in [5, 5.41) is 2.14. The molecule has 0 unspecified atom stereocenters. The lowest BCUT2D eigenvalue weighted by Crippen LogP contribution is -2.31. The molecule has 0 spiro atoms. The van der Waals surface area contributed by atoms with Gasteiger partial charge < -0.3 is 4.74 Å². The molecule has 280 valence electrons. The second kappa shape index (κ2) is 14.1. The van der Waals surface area contributed by atoms with Gasteiger partial charge in [0.25, 0.3) is 6.33 Å². The molecule has 3 aromatic heterocycles. The molecule has 10 aromatic rings. The van der Waals surface area contributed by atoms with Crippen LogP contribution in [0.25, 0.3) is 72.3 Å². The highest BCUT2D eigenvalue weighted by Gasteiger charge is 2.21. The summed E-state index contributed by atoms with van der Waals surface area (Å²) in [4.78, 5) is 5.01. The van der Waals surface area contributed by atoms with Crippen molar-refractivity contribution in [3.63, 3.8) is 0 Å². The molecular formula is C53H42N4O. The molecule has 0 radical (unpaired) electrons. The zero-order valence-corrected chi connectivity index (χ0v) is 32.2. The summed E-state index contributed by atoms with van der Waals surface area (Å²) in [6.45, 7) is 8.61. The van der Waals surface area contributed by atoms with E-state index in [0.717, 1.165) is 38.8 Å². The normalized spacial score (nSPS) is 14.2. The average molecular weight is 761 g/mol. The molecule has 0 atom stereocenters. The first-order valence-corrected chi connectivity index (χ1v) is 19.0. The Morgan fingerprint density at radius 1 is 0.638 bits per heavy atom. The molecule has 0 N–H and O–H groups in total. The second-order valence-electron chi connectivity index (χ2n) is 15.2. The van der Waals surface area contributed by atoms with Crippen LogP contribution in [0.1, 0.15) is 45.6 Å². The van der Waals surface area contributed by atoms with Gasteiger partial charge in [-0.25, -0.2) is 4.98 Å². The number of rotatable bonds is 7. The van der Waals surface area contributed by atoms with Gasteiger partial charge in [-0.15, -0.1) is 0 Å². The molecule has 5 heteroatoms. The Morgan fingerprint density at radius 3 is 1.98 bits per heavy atom. The Morgan fingerprint density at radius 2 is 1.28 bits per heavy atom. The van der Waals surface area contributed by atoms with Gasteiger partial charge in [0.05, 0.1) is 47.1 Å². The third-order valence-electron chi connectivity index (χ3n) is 10.4. The molecule has 0 bridgehead atoms. The van der Waals surface area contributed by atoms with E-state index in [4.69, 9.17) is 23.4 Å². The van der Waals surface area contributed by atoms with E-state index in [2.05, 4.69) is 62.9 Å². The molecule has 0 aliphatic heterocycles. The van der Waals surface area contributed by atoms with Crippen molar-refractivity contribution in [3.8, 4) is 50.9 Å². The smallest absolute Gasteiger partial charge is 0.269 e. The third-order valence-corrected chi connectivity index (χ3v) is 10.4. The summed E-state index contributed by atoms with van der Waals surface area (Å²) >= 11 is 0. The largest absolute Gasteiger partial charge is 0.458 e. The number of hydrogen-bond donors (Lipinski definition) is 0. The van der Waals surface area contributed by atoms with Gasteiger partial charge in [0.2, 0.25) is 0 Å². The zero-order chi connectivity index (χ0) is 48.1. The number of nitrogens with zero attached hydrogens (tertiary/aromatic N) is 4. The number of hydrogen-bond acceptors (Lipinski definition) is 2. The van der Waals surface area contributed by atoms with Gasteiger partial charge in [-0.2, -0.15) is 0 Å². The van der Waals surface area contributed by atoms with E-state index in [1.54, 1.807) is 27.3 Å². The van der Waals surface area contributed by atoms with E-state index in [1.165, 1.54) is 0 Å². The first-order chi connectivity index (χ1) is 32.5. The van der Waals surface area contributed by atoms with Gasteiger partial charge in [0, 0.05) is 23.0 Å². The first kappa shape index (κ1) is 25.8. The number of fused-ring (bicyclic) bond motifs is 4. The van der Waals surface area contributed by atoms with Gasteiger partial charge in [-0.05, 0) is 82.1 Å². The lowest BCUT2D eigenvalue weighted by atomic mass is 9.87. The molecule has 58 heavy (non-hydrogen) atoms. The van der Waals surface area contributed by atoms with E-state index in [-0.39, 0.29) is 33.4 Å². The molecular weight excluding hydrogens is 709 g/mol. The van der Waals surface area contributed by atoms with Crippen molar-refractivity contribution in [3.05, 3.63) is 199 Å². The minimum atomic E-state index is -0.565. The van der Waals surface area contributed by atoms with E-state index < -0.39 is 60.4 Å². The van der Waals surface area contributed by atoms with Crippen LogP contribution < -0.4 is 9.30 Å². The summed E-state index contributed by atoms with van der Waals surface area (Å²) in [5.74, 6) is 1.94. The molecule has 5 nitrogen and oxygen atoms in total. The van der Waals surface area contributed by atoms with Gasteiger partial charge in [0.1, 0.15) is 17.3 Å². The summed E-state index contributed by atoms with van der Waals surface area (Å²) in [5.41, 5.74) is 6.18. The Labute approximate surface area is 352 Å². The summed E-state index contributed by atoms with van der Waals surface area (Å²) in [7, 11) is 0. The van der Waals surface area contributed by atoms with Crippen LogP contribution in [0.5, 0.6) is 11.5 Å². The van der Waals surface area contributed by atoms with E-state index >= 15 is 0 Å². The fourth-order valence-corrected chi connectivity index (χ4v) is 7.65. The number of para-hydroxylation sites is 4. The monoisotopic (exact) mass is 760 g/mol. The SMILES string of the molecule is [2H]c1c([2H])c([2H])c(-c2cccc(-c3c([2H])c([2H])c([2H])c([2H])c3[2H])c2-[n+]2[c-]n(-c3cccc(Oc4ccc5c6ccccc6n(-c6ncc(C(C)(C)C)cc6C)c5c4)c3)c3ccccc32)c([2H])c1[2H]. The summed E-state index contributed by atoms with van der Waals surface area (Å²) < 4.78 is 99.1. The number of aromatic nitrogens is 4. The van der Waals surface area contributed by atoms with Crippen molar-refractivity contribution >= 4 is 32.8 Å². The van der Waals surface area contributed by atoms with Crippen LogP contribution >= 0.6 is 0 Å². The van der Waals surface area contributed by atoms with Crippen LogP contribution in [-0.2, 0) is 5.41 Å². The minimum Gasteiger partial charge on any atom is -0.458 e. The maximum atomic E-state index is 9.00. The van der Waals surface area contributed by atoms with Crippen molar-refractivity contribution in [2.24, 2.45) is 0 Å². The van der Waals surface area contributed by atoms with E-state index in [1.807, 2.05) is 79.0 Å². The number of pyridine rings is 1. The molecule has 0 fully saturated rings. The van der Waals surface area contributed by atoms with Crippen LogP contribution in [0.3, 0.4) is 0 Å². The lowest BCUT2D eigenvalue weighted by Gasteiger charge is -2.20. The first-order valence-electron chi connectivity index (χ1n) is 24.0. The number of ether oxygens (including phenoxy) is 1. The van der Waals surface area contributed by atoms with E-state index in [0.29, 0.717) is 28.2 Å². The van der Waals surface area contributed by atoms with Crippen LogP contribution in [0.15, 0.2) is 182 Å². The Hall–Kier alpha value is -7.24. The van der Waals surface area contributed by atoms with Gasteiger partial charge in [-0.1, -0.05) is 154 Å². The van der Waals surface area contributed by atoms with Crippen LogP contribution in [0.4, 0.5) is 0 Å². The van der Waals surface area contributed by atoms with Crippen molar-refractivity contribution < 1.29 is 23.0 Å². The molecule has 0 saturated carbocycles. The van der Waals surface area contributed by atoms with Crippen molar-refractivity contribution in [2.75, 3.05) is 0 Å². The molecule has 10 rings (SSSR count). The predicted molar refractivity (Wildman–Crippen MR) is 237 cm³/mol. The molecule has 0 aliphatic rings. The standard InChI is InChI=1S/C53H42N4O/c1-36-31-39(53(2,3)4)34-54-52(36)57-47-26-12-11-23-45(47)46-30-29-42(33-50(46)57)58-41-22-15-21-40(32-41)55-35-56(49-28-14-13-27-48(49)55)51-43(37-17-7-5-8-18-37)24-16-25-44(51)38-19-9-6-10-20-38/h5-34H,1-4H3/i5D,6D,7D,8D,9D,10D,17D,18D,19D,20D.